The van der Waals surface area contributed by atoms with Crippen molar-refractivity contribution in [2.75, 3.05) is 0 Å². The molecule has 0 heterocycles. The van der Waals surface area contributed by atoms with Gasteiger partial charge in [-0.2, -0.15) is 30.4 Å². The number of halogens is 8. The highest BCUT2D eigenvalue weighted by atomic mass is 127. The molecule has 5 unspecified atom stereocenters. The van der Waals surface area contributed by atoms with Gasteiger partial charge in [-0.05, 0) is 111 Å². The van der Waals surface area contributed by atoms with Crippen LogP contribution in [0.3, 0.4) is 0 Å². The Balaban J connectivity index is 1.77. The summed E-state index contributed by atoms with van der Waals surface area (Å²) in [5.74, 6) is -4.18. The Morgan fingerprint density at radius 2 is 1.71 bits per heavy atom. The molecule has 1 amide bonds. The smallest absolute Gasteiger partial charge is 0.432 e. The summed E-state index contributed by atoms with van der Waals surface area (Å²) in [6, 6.07) is 2.91. The van der Waals surface area contributed by atoms with E-state index in [1.807, 2.05) is 51.2 Å². The van der Waals surface area contributed by atoms with Gasteiger partial charge in [-0.25, -0.2) is 0 Å². The maximum Gasteiger partial charge on any atom is 0.432 e. The van der Waals surface area contributed by atoms with Crippen LogP contribution in [0, 0.1) is 28.5 Å². The van der Waals surface area contributed by atoms with Crippen LogP contribution in [-0.4, -0.2) is 48.4 Å². The van der Waals surface area contributed by atoms with Gasteiger partial charge in [0.2, 0.25) is 0 Å². The molecule has 3 rings (SSSR count). The second-order valence-corrected chi connectivity index (χ2v) is 13.0. The van der Waals surface area contributed by atoms with E-state index in [1.165, 1.54) is 0 Å². The van der Waals surface area contributed by atoms with E-state index in [1.54, 1.807) is 6.07 Å². The third-order valence-corrected chi connectivity index (χ3v) is 10.4. The van der Waals surface area contributed by atoms with Crippen molar-refractivity contribution in [3.05, 3.63) is 28.4 Å². The van der Waals surface area contributed by atoms with Gasteiger partial charge in [0.25, 0.3) is 12.0 Å². The lowest BCUT2D eigenvalue weighted by molar-refractivity contribution is -0.261. The van der Waals surface area contributed by atoms with Gasteiger partial charge in [-0.15, -0.1) is 0 Å². The fourth-order valence-corrected chi connectivity index (χ4v) is 7.27. The van der Waals surface area contributed by atoms with E-state index in [4.69, 9.17) is 4.55 Å². The summed E-state index contributed by atoms with van der Waals surface area (Å²) < 4.78 is 103. The molecule has 5 atom stereocenters. The number of ether oxygens (including phenoxy) is 1. The average Bonchev–Trinajstić information content (AvgIpc) is 3.27. The van der Waals surface area contributed by atoms with E-state index >= 15 is 0 Å². The standard InChI is InChI=1S/C18H15F5I3NO6S/c19-17(20,21)16(18(22,23)34(30,31)32)33-15(29)9-2-6-1-8(9)12(3-6)27-14(28)10-4-7(24)5-11(25)13(10)26/h4-6,8-9,12,16H,1-3H2,(H,27,28)(H,30,31,32). The van der Waals surface area contributed by atoms with E-state index in [2.05, 4.69) is 32.6 Å². The van der Waals surface area contributed by atoms with E-state index in [-0.39, 0.29) is 12.3 Å². The van der Waals surface area contributed by atoms with Gasteiger partial charge in [-0.1, -0.05) is 0 Å². The lowest BCUT2D eigenvalue weighted by atomic mass is 9.85. The summed E-state index contributed by atoms with van der Waals surface area (Å²) in [4.78, 5) is 25.3. The Kier molecular flexibility index (Phi) is 8.37. The average molecular weight is 849 g/mol. The number of hydrogen-bond donors (Lipinski definition) is 2. The highest BCUT2D eigenvalue weighted by molar-refractivity contribution is 14.1. The molecule has 7 nitrogen and oxygen atoms in total. The monoisotopic (exact) mass is 849 g/mol. The molecule has 1 aromatic rings. The number of carbonyl (C=O) groups excluding carboxylic acids is 2. The van der Waals surface area contributed by atoms with E-state index in [0.717, 1.165) is 7.14 Å². The van der Waals surface area contributed by atoms with Crippen LogP contribution < -0.4 is 5.32 Å². The molecule has 2 fully saturated rings. The normalized spacial score (nSPS) is 25.8. The number of carbonyl (C=O) groups is 2. The Morgan fingerprint density at radius 1 is 1.09 bits per heavy atom. The Bertz CT molecular complexity index is 1120. The fraction of sp³-hybridized carbons (Fsp3) is 0.556. The molecule has 2 saturated carbocycles. The molecule has 190 valence electrons. The zero-order valence-corrected chi connectivity index (χ0v) is 23.9. The molecule has 2 N–H and O–H groups in total. The molecule has 0 saturated heterocycles. The topological polar surface area (TPSA) is 110 Å². The molecular weight excluding hydrogens is 834 g/mol. The Morgan fingerprint density at radius 3 is 2.24 bits per heavy atom. The molecule has 34 heavy (non-hydrogen) atoms. The summed E-state index contributed by atoms with van der Waals surface area (Å²) in [6.45, 7) is 0. The van der Waals surface area contributed by atoms with Crippen molar-refractivity contribution in [2.45, 2.75) is 42.8 Å². The summed E-state index contributed by atoms with van der Waals surface area (Å²) in [7, 11) is -6.52. The van der Waals surface area contributed by atoms with Crippen molar-refractivity contribution in [1.82, 2.24) is 5.32 Å². The van der Waals surface area contributed by atoms with Crippen LogP contribution in [-0.2, 0) is 19.6 Å². The molecule has 0 radical (unpaired) electrons. The number of amides is 1. The number of rotatable bonds is 6. The van der Waals surface area contributed by atoms with Gasteiger partial charge in [0, 0.05) is 16.8 Å². The number of benzene rings is 1. The summed E-state index contributed by atoms with van der Waals surface area (Å²) in [5, 5.41) is -3.01. The largest absolute Gasteiger partial charge is 0.444 e. The maximum absolute atomic E-state index is 13.8. The van der Waals surface area contributed by atoms with Crippen molar-refractivity contribution in [3.63, 3.8) is 0 Å². The fourth-order valence-electron chi connectivity index (χ4n) is 4.42. The minimum Gasteiger partial charge on any atom is -0.444 e. The summed E-state index contributed by atoms with van der Waals surface area (Å²) in [5.41, 5.74) is 0.378. The van der Waals surface area contributed by atoms with Crippen LogP contribution in [0.2, 0.25) is 0 Å². The lowest BCUT2D eigenvalue weighted by Gasteiger charge is -2.32. The zero-order chi connectivity index (χ0) is 25.8. The number of nitrogens with one attached hydrogen (secondary N) is 1. The van der Waals surface area contributed by atoms with Gasteiger partial charge in [0.1, 0.15) is 0 Å². The number of fused-ring (bicyclic) bond motifs is 2. The Labute approximate surface area is 231 Å². The van der Waals surface area contributed by atoms with Gasteiger partial charge in [-0.3, -0.25) is 14.1 Å². The molecule has 1 aromatic carbocycles. The van der Waals surface area contributed by atoms with Crippen molar-refractivity contribution >= 4 is 89.8 Å². The van der Waals surface area contributed by atoms with Crippen molar-refractivity contribution in [1.29, 1.82) is 0 Å². The predicted molar refractivity (Wildman–Crippen MR) is 133 cm³/mol. The minimum atomic E-state index is -6.52. The molecule has 0 spiro atoms. The van der Waals surface area contributed by atoms with Gasteiger partial charge >= 0.3 is 27.5 Å². The van der Waals surface area contributed by atoms with Crippen LogP contribution in [0.25, 0.3) is 0 Å². The molecule has 2 aliphatic rings. The molecule has 16 heteroatoms. The number of hydrogen-bond acceptors (Lipinski definition) is 5. The first-order valence-corrected chi connectivity index (χ1v) is 14.2. The summed E-state index contributed by atoms with van der Waals surface area (Å²) >= 11 is 6.11. The minimum absolute atomic E-state index is 0.0521. The summed E-state index contributed by atoms with van der Waals surface area (Å²) in [6.07, 6.45) is -9.47. The third-order valence-electron chi connectivity index (χ3n) is 5.85. The zero-order valence-electron chi connectivity index (χ0n) is 16.6. The highest BCUT2D eigenvalue weighted by Gasteiger charge is 2.66. The van der Waals surface area contributed by atoms with Crippen LogP contribution in [0.1, 0.15) is 29.6 Å². The number of alkyl halides is 5. The van der Waals surface area contributed by atoms with Gasteiger partial charge in [0.15, 0.2) is 0 Å². The molecule has 0 aliphatic heterocycles. The first-order chi connectivity index (χ1) is 15.4. The van der Waals surface area contributed by atoms with Crippen molar-refractivity contribution in [2.24, 2.45) is 17.8 Å². The first kappa shape index (κ1) is 28.5. The molecule has 2 bridgehead atoms. The van der Waals surface area contributed by atoms with Crippen LogP contribution in [0.4, 0.5) is 22.0 Å². The van der Waals surface area contributed by atoms with Gasteiger partial charge < -0.3 is 10.1 Å². The SMILES string of the molecule is O=C(NC1CC2CC(C(=O)OC(C(F)(F)F)C(F)(F)S(=O)(=O)O)C1C2)c1cc(I)cc(I)c1I. The Hall–Kier alpha value is -0.0900. The van der Waals surface area contributed by atoms with Crippen LogP contribution in [0.15, 0.2) is 12.1 Å². The first-order valence-electron chi connectivity index (χ1n) is 9.51. The van der Waals surface area contributed by atoms with Crippen molar-refractivity contribution in [3.8, 4) is 0 Å². The van der Waals surface area contributed by atoms with E-state index in [9.17, 15) is 40.0 Å². The molecule has 0 aromatic heterocycles. The second kappa shape index (κ2) is 9.99. The molecular formula is C18H15F5I3NO6S. The van der Waals surface area contributed by atoms with E-state index in [0.29, 0.717) is 22.0 Å². The van der Waals surface area contributed by atoms with E-state index < -0.39 is 57.4 Å². The van der Waals surface area contributed by atoms with Gasteiger partial charge in [0.05, 0.1) is 11.5 Å². The quantitative estimate of drug-likeness (QED) is 0.143. The maximum atomic E-state index is 13.8. The lowest BCUT2D eigenvalue weighted by Crippen LogP contribution is -2.53. The molecule has 2 aliphatic carbocycles. The van der Waals surface area contributed by atoms with Crippen LogP contribution in [0.5, 0.6) is 0 Å². The van der Waals surface area contributed by atoms with Crippen molar-refractivity contribution < 1.29 is 49.2 Å². The highest BCUT2D eigenvalue weighted by Crippen LogP contribution is 2.50. The second-order valence-electron chi connectivity index (χ2n) is 8.07. The predicted octanol–water partition coefficient (Wildman–Crippen LogP) is 4.60. The third kappa shape index (κ3) is 5.74. The van der Waals surface area contributed by atoms with Crippen LogP contribution >= 0.6 is 67.8 Å². The number of esters is 1.